The van der Waals surface area contributed by atoms with Gasteiger partial charge in [0.1, 0.15) is 0 Å². The molecule has 2 atom stereocenters. The Morgan fingerprint density at radius 1 is 1.22 bits per heavy atom. The Morgan fingerprint density at radius 2 is 1.89 bits per heavy atom. The molecule has 0 aromatic heterocycles. The van der Waals surface area contributed by atoms with Crippen LogP contribution in [0.25, 0.3) is 0 Å². The van der Waals surface area contributed by atoms with Gasteiger partial charge >= 0.3 is 0 Å². The zero-order chi connectivity index (χ0) is 12.5. The molecule has 0 radical (unpaired) electrons. The van der Waals surface area contributed by atoms with E-state index in [1.807, 2.05) is 24.3 Å². The monoisotopic (exact) mass is 356 g/mol. The van der Waals surface area contributed by atoms with Crippen LogP contribution in [0.1, 0.15) is 36.0 Å². The molecule has 96 valence electrons. The number of fused-ring (bicyclic) bond motifs is 2. The lowest BCUT2D eigenvalue weighted by Crippen LogP contribution is -2.48. The van der Waals surface area contributed by atoms with Crippen molar-refractivity contribution >= 4 is 28.5 Å². The number of amides is 1. The van der Waals surface area contributed by atoms with Crippen molar-refractivity contribution in [3.05, 3.63) is 33.4 Å². The van der Waals surface area contributed by atoms with Crippen molar-refractivity contribution in [3.8, 4) is 0 Å². The van der Waals surface area contributed by atoms with Gasteiger partial charge in [0, 0.05) is 21.7 Å². The number of halogens is 1. The molecule has 3 nitrogen and oxygen atoms in total. The van der Waals surface area contributed by atoms with Crippen LogP contribution in [0.5, 0.6) is 0 Å². The highest BCUT2D eigenvalue weighted by molar-refractivity contribution is 14.1. The normalized spacial score (nSPS) is 30.2. The molecule has 3 rings (SSSR count). The van der Waals surface area contributed by atoms with Crippen molar-refractivity contribution in [2.75, 3.05) is 0 Å². The van der Waals surface area contributed by atoms with Crippen molar-refractivity contribution in [3.63, 3.8) is 0 Å². The minimum atomic E-state index is 0.0753. The molecule has 2 saturated heterocycles. The zero-order valence-corrected chi connectivity index (χ0v) is 12.3. The van der Waals surface area contributed by atoms with Crippen LogP contribution in [0.4, 0.5) is 0 Å². The Labute approximate surface area is 121 Å². The van der Waals surface area contributed by atoms with E-state index in [-0.39, 0.29) is 5.91 Å². The fourth-order valence-electron chi connectivity index (χ4n) is 3.08. The topological polar surface area (TPSA) is 41.1 Å². The van der Waals surface area contributed by atoms with E-state index in [0.29, 0.717) is 18.1 Å². The standard InChI is InChI=1S/C14H17IN2O/c15-13-4-2-1-3-12(13)14(18)17-11-7-9-5-6-10(8-11)16-9/h1-4,9-11,16H,5-8H2,(H,17,18). The summed E-state index contributed by atoms with van der Waals surface area (Å²) in [5, 5.41) is 6.78. The second kappa shape index (κ2) is 5.17. The highest BCUT2D eigenvalue weighted by Crippen LogP contribution is 2.27. The van der Waals surface area contributed by atoms with Gasteiger partial charge in [-0.1, -0.05) is 12.1 Å². The predicted molar refractivity (Wildman–Crippen MR) is 79.6 cm³/mol. The van der Waals surface area contributed by atoms with Gasteiger partial charge in [0.2, 0.25) is 0 Å². The number of piperidine rings is 1. The molecule has 0 spiro atoms. The van der Waals surface area contributed by atoms with Crippen LogP contribution in [0.3, 0.4) is 0 Å². The number of nitrogens with one attached hydrogen (secondary N) is 2. The first-order chi connectivity index (χ1) is 8.72. The molecule has 2 heterocycles. The lowest BCUT2D eigenvalue weighted by molar-refractivity contribution is 0.0923. The number of rotatable bonds is 2. The average molecular weight is 356 g/mol. The van der Waals surface area contributed by atoms with E-state index in [0.717, 1.165) is 22.0 Å². The molecule has 0 aliphatic carbocycles. The number of benzene rings is 1. The summed E-state index contributed by atoms with van der Waals surface area (Å²) < 4.78 is 1.02. The van der Waals surface area contributed by atoms with Gasteiger partial charge in [0.15, 0.2) is 0 Å². The summed E-state index contributed by atoms with van der Waals surface area (Å²) >= 11 is 2.22. The molecule has 1 aromatic carbocycles. The lowest BCUT2D eigenvalue weighted by atomic mass is 9.99. The van der Waals surface area contributed by atoms with Crippen LogP contribution in [-0.4, -0.2) is 24.0 Å². The molecule has 2 unspecified atom stereocenters. The van der Waals surface area contributed by atoms with Crippen LogP contribution in [-0.2, 0) is 0 Å². The summed E-state index contributed by atoms with van der Waals surface area (Å²) in [6, 6.07) is 9.32. The van der Waals surface area contributed by atoms with E-state index in [1.54, 1.807) is 0 Å². The van der Waals surface area contributed by atoms with Gasteiger partial charge in [-0.05, 0) is 60.4 Å². The Kier molecular flexibility index (Phi) is 3.56. The van der Waals surface area contributed by atoms with Crippen LogP contribution in [0, 0.1) is 3.57 Å². The highest BCUT2D eigenvalue weighted by Gasteiger charge is 2.34. The number of carbonyl (C=O) groups excluding carboxylic acids is 1. The molecule has 4 heteroatoms. The van der Waals surface area contributed by atoms with Crippen molar-refractivity contribution < 1.29 is 4.79 Å². The van der Waals surface area contributed by atoms with Gasteiger partial charge in [-0.3, -0.25) is 4.79 Å². The van der Waals surface area contributed by atoms with Gasteiger partial charge in [0.05, 0.1) is 5.56 Å². The van der Waals surface area contributed by atoms with Gasteiger partial charge in [0.25, 0.3) is 5.91 Å². The van der Waals surface area contributed by atoms with Crippen LogP contribution < -0.4 is 10.6 Å². The van der Waals surface area contributed by atoms with Crippen LogP contribution in [0.2, 0.25) is 0 Å². The van der Waals surface area contributed by atoms with E-state index in [2.05, 4.69) is 33.2 Å². The van der Waals surface area contributed by atoms with E-state index < -0.39 is 0 Å². The summed E-state index contributed by atoms with van der Waals surface area (Å²) in [7, 11) is 0. The Balaban J connectivity index is 1.66. The third-order valence-electron chi connectivity index (χ3n) is 3.93. The summed E-state index contributed by atoms with van der Waals surface area (Å²) in [6.07, 6.45) is 4.68. The van der Waals surface area contributed by atoms with E-state index in [4.69, 9.17) is 0 Å². The first-order valence-corrected chi connectivity index (χ1v) is 7.61. The summed E-state index contributed by atoms with van der Waals surface area (Å²) in [5.74, 6) is 0.0753. The molecule has 2 N–H and O–H groups in total. The van der Waals surface area contributed by atoms with Crippen molar-refractivity contribution in [2.24, 2.45) is 0 Å². The fourth-order valence-corrected chi connectivity index (χ4v) is 3.72. The molecule has 1 aromatic rings. The third-order valence-corrected chi connectivity index (χ3v) is 4.87. The number of hydrogen-bond donors (Lipinski definition) is 2. The minimum Gasteiger partial charge on any atom is -0.349 e. The lowest BCUT2D eigenvalue weighted by Gasteiger charge is -2.29. The van der Waals surface area contributed by atoms with Crippen LogP contribution >= 0.6 is 22.6 Å². The third kappa shape index (κ3) is 2.54. The Hall–Kier alpha value is -0.620. The molecule has 2 fully saturated rings. The summed E-state index contributed by atoms with van der Waals surface area (Å²) in [6.45, 7) is 0. The molecule has 0 saturated carbocycles. The van der Waals surface area contributed by atoms with Gasteiger partial charge in [-0.25, -0.2) is 0 Å². The Bertz CT molecular complexity index is 451. The van der Waals surface area contributed by atoms with Gasteiger partial charge < -0.3 is 10.6 Å². The molecule has 1 amide bonds. The van der Waals surface area contributed by atoms with Crippen molar-refractivity contribution in [1.29, 1.82) is 0 Å². The highest BCUT2D eigenvalue weighted by atomic mass is 127. The van der Waals surface area contributed by atoms with Crippen molar-refractivity contribution in [1.82, 2.24) is 10.6 Å². The van der Waals surface area contributed by atoms with E-state index in [9.17, 15) is 4.79 Å². The first kappa shape index (κ1) is 12.4. The van der Waals surface area contributed by atoms with Gasteiger partial charge in [-0.15, -0.1) is 0 Å². The van der Waals surface area contributed by atoms with Crippen LogP contribution in [0.15, 0.2) is 24.3 Å². The first-order valence-electron chi connectivity index (χ1n) is 6.54. The zero-order valence-electron chi connectivity index (χ0n) is 10.2. The fraction of sp³-hybridized carbons (Fsp3) is 0.500. The molecule has 2 aliphatic heterocycles. The Morgan fingerprint density at radius 3 is 2.56 bits per heavy atom. The number of hydrogen-bond acceptors (Lipinski definition) is 2. The SMILES string of the molecule is O=C(NC1CC2CCC(C1)N2)c1ccccc1I. The van der Waals surface area contributed by atoms with Gasteiger partial charge in [-0.2, -0.15) is 0 Å². The molecular weight excluding hydrogens is 339 g/mol. The van der Waals surface area contributed by atoms with E-state index >= 15 is 0 Å². The maximum Gasteiger partial charge on any atom is 0.252 e. The maximum atomic E-state index is 12.2. The molecular formula is C14H17IN2O. The van der Waals surface area contributed by atoms with Crippen molar-refractivity contribution in [2.45, 2.75) is 43.8 Å². The largest absolute Gasteiger partial charge is 0.349 e. The maximum absolute atomic E-state index is 12.2. The number of carbonyl (C=O) groups is 1. The second-order valence-electron chi connectivity index (χ2n) is 5.26. The quantitative estimate of drug-likeness (QED) is 0.799. The minimum absolute atomic E-state index is 0.0753. The van der Waals surface area contributed by atoms with E-state index in [1.165, 1.54) is 12.8 Å². The summed E-state index contributed by atoms with van der Waals surface area (Å²) in [5.41, 5.74) is 0.795. The summed E-state index contributed by atoms with van der Waals surface area (Å²) in [4.78, 5) is 12.2. The predicted octanol–water partition coefficient (Wildman–Crippen LogP) is 2.30. The molecule has 2 bridgehead atoms. The second-order valence-corrected chi connectivity index (χ2v) is 6.42. The average Bonchev–Trinajstić information content (AvgIpc) is 2.69. The molecule has 18 heavy (non-hydrogen) atoms. The molecule has 2 aliphatic rings. The smallest absolute Gasteiger partial charge is 0.252 e.